The smallest absolute Gasteiger partial charge is 0.179 e. The topological polar surface area (TPSA) is 46.6 Å². The third-order valence-electron chi connectivity index (χ3n) is 4.31. The molecule has 0 N–H and O–H groups in total. The molecule has 0 fully saturated rings. The van der Waals surface area contributed by atoms with Crippen molar-refractivity contribution in [3.63, 3.8) is 0 Å². The lowest BCUT2D eigenvalue weighted by Gasteiger charge is -2.32. The molecule has 0 saturated carbocycles. The highest BCUT2D eigenvalue weighted by Gasteiger charge is 2.28. The number of carbonyl (C=O) groups excluding carboxylic acids is 2. The molecule has 1 atom stereocenters. The molecule has 0 aromatic heterocycles. The van der Waals surface area contributed by atoms with Crippen LogP contribution in [0.3, 0.4) is 0 Å². The van der Waals surface area contributed by atoms with E-state index < -0.39 is 0 Å². The zero-order valence-electron chi connectivity index (χ0n) is 15.1. The van der Waals surface area contributed by atoms with Crippen LogP contribution in [-0.4, -0.2) is 23.5 Å². The van der Waals surface area contributed by atoms with Crippen LogP contribution in [0.4, 0.5) is 0 Å². The fraction of sp³-hybridized carbons (Fsp3) is 0.333. The van der Waals surface area contributed by atoms with Gasteiger partial charge >= 0.3 is 0 Å². The van der Waals surface area contributed by atoms with Crippen LogP contribution < -0.4 is 0 Å². The number of ether oxygens (including phenoxy) is 1. The average Bonchev–Trinajstić information content (AvgIpc) is 2.61. The van der Waals surface area contributed by atoms with Crippen molar-refractivity contribution in [2.75, 3.05) is 6.54 Å². The van der Waals surface area contributed by atoms with E-state index in [1.807, 2.05) is 35.2 Å². The summed E-state index contributed by atoms with van der Waals surface area (Å²) in [6, 6.07) is 9.70. The molecule has 0 bridgehead atoms. The quantitative estimate of drug-likeness (QED) is 0.672. The van der Waals surface area contributed by atoms with Crippen LogP contribution in [0.15, 0.2) is 65.7 Å². The van der Waals surface area contributed by atoms with E-state index in [2.05, 4.69) is 20.4 Å². The summed E-state index contributed by atoms with van der Waals surface area (Å²) >= 11 is 0. The number of carbonyl (C=O) groups is 2. The zero-order chi connectivity index (χ0) is 18.4. The number of hydrogen-bond acceptors (Lipinski definition) is 4. The summed E-state index contributed by atoms with van der Waals surface area (Å²) in [5.41, 5.74) is 2.35. The second-order valence-electron chi connectivity index (χ2n) is 6.35. The molecule has 0 amide bonds. The molecule has 132 valence electrons. The van der Waals surface area contributed by atoms with Crippen molar-refractivity contribution in [3.05, 3.63) is 71.3 Å². The molecule has 0 saturated heterocycles. The maximum absolute atomic E-state index is 12.3. The van der Waals surface area contributed by atoms with Gasteiger partial charge < -0.3 is 9.64 Å². The number of ketones is 1. The molecule has 4 nitrogen and oxygen atoms in total. The van der Waals surface area contributed by atoms with Crippen LogP contribution in [0.25, 0.3) is 0 Å². The highest BCUT2D eigenvalue weighted by atomic mass is 16.5. The van der Waals surface area contributed by atoms with E-state index in [1.165, 1.54) is 6.92 Å². The number of aldehydes is 1. The number of rotatable bonds is 8. The summed E-state index contributed by atoms with van der Waals surface area (Å²) in [4.78, 5) is 25.6. The van der Waals surface area contributed by atoms with Crippen LogP contribution in [0, 0.1) is 5.92 Å². The Bertz CT molecular complexity index is 716. The van der Waals surface area contributed by atoms with Crippen molar-refractivity contribution < 1.29 is 14.3 Å². The molecule has 4 heteroatoms. The summed E-state index contributed by atoms with van der Waals surface area (Å²) in [5, 5.41) is 0. The lowest BCUT2D eigenvalue weighted by Crippen LogP contribution is -2.32. The maximum Gasteiger partial charge on any atom is 0.179 e. The van der Waals surface area contributed by atoms with E-state index in [0.717, 1.165) is 18.3 Å². The molecular weight excluding hydrogens is 314 g/mol. The Balaban J connectivity index is 2.37. The first-order chi connectivity index (χ1) is 12.0. The average molecular weight is 339 g/mol. The molecule has 0 spiro atoms. The van der Waals surface area contributed by atoms with Crippen LogP contribution in [-0.2, 0) is 20.9 Å². The van der Waals surface area contributed by atoms with Gasteiger partial charge in [0.25, 0.3) is 0 Å². The Kier molecular flexibility index (Phi) is 6.34. The van der Waals surface area contributed by atoms with E-state index in [9.17, 15) is 9.59 Å². The highest BCUT2D eigenvalue weighted by molar-refractivity contribution is 5.96. The van der Waals surface area contributed by atoms with Gasteiger partial charge in [0.1, 0.15) is 12.3 Å². The second kappa shape index (κ2) is 8.47. The molecule has 1 aromatic rings. The minimum Gasteiger partial charge on any atom is -0.486 e. The van der Waals surface area contributed by atoms with Gasteiger partial charge in [-0.2, -0.15) is 0 Å². The van der Waals surface area contributed by atoms with Crippen molar-refractivity contribution >= 4 is 12.1 Å². The number of allylic oxidation sites excluding steroid dienone is 2. The first-order valence-corrected chi connectivity index (χ1v) is 8.53. The molecule has 1 unspecified atom stereocenters. The van der Waals surface area contributed by atoms with Crippen LogP contribution in [0.5, 0.6) is 0 Å². The Morgan fingerprint density at radius 3 is 2.56 bits per heavy atom. The molecule has 1 aliphatic heterocycles. The van der Waals surface area contributed by atoms with Crippen molar-refractivity contribution in [1.82, 2.24) is 4.90 Å². The van der Waals surface area contributed by atoms with Gasteiger partial charge in [0.2, 0.25) is 0 Å². The van der Waals surface area contributed by atoms with E-state index in [1.54, 1.807) is 6.20 Å². The number of Topliss-reactive ketones (excluding diaryl/α,β-unsaturated/α-hetero) is 1. The van der Waals surface area contributed by atoms with Crippen molar-refractivity contribution in [1.29, 1.82) is 0 Å². The molecular formula is C21H25NO3. The van der Waals surface area contributed by atoms with Gasteiger partial charge in [-0.25, -0.2) is 0 Å². The molecule has 0 aliphatic carbocycles. The Hall–Kier alpha value is -2.62. The number of benzene rings is 1. The van der Waals surface area contributed by atoms with Crippen LogP contribution in [0.1, 0.15) is 32.8 Å². The summed E-state index contributed by atoms with van der Waals surface area (Å²) in [5.74, 6) is 0.665. The third kappa shape index (κ3) is 4.47. The lowest BCUT2D eigenvalue weighted by atomic mass is 9.99. The van der Waals surface area contributed by atoms with Crippen LogP contribution in [0.2, 0.25) is 0 Å². The number of nitrogens with zero attached hydrogens (tertiary/aromatic N) is 1. The van der Waals surface area contributed by atoms with Gasteiger partial charge in [-0.1, -0.05) is 57.2 Å². The maximum atomic E-state index is 12.3. The van der Waals surface area contributed by atoms with Gasteiger partial charge in [0, 0.05) is 30.8 Å². The summed E-state index contributed by atoms with van der Waals surface area (Å²) < 4.78 is 5.95. The van der Waals surface area contributed by atoms with Gasteiger partial charge in [-0.15, -0.1) is 0 Å². The SMILES string of the molecule is C=C1C(C=O)=CN(CC(C)CC)C(C(C)=O)=C1OCc1ccccc1. The molecule has 0 radical (unpaired) electrons. The fourth-order valence-corrected chi connectivity index (χ4v) is 2.67. The van der Waals surface area contributed by atoms with Crippen molar-refractivity contribution in [2.45, 2.75) is 33.8 Å². The van der Waals surface area contributed by atoms with E-state index in [-0.39, 0.29) is 5.78 Å². The third-order valence-corrected chi connectivity index (χ3v) is 4.31. The summed E-state index contributed by atoms with van der Waals surface area (Å²) in [6.07, 6.45) is 3.44. The highest BCUT2D eigenvalue weighted by Crippen LogP contribution is 2.31. The second-order valence-corrected chi connectivity index (χ2v) is 6.35. The zero-order valence-corrected chi connectivity index (χ0v) is 15.1. The number of hydrogen-bond donors (Lipinski definition) is 0. The van der Waals surface area contributed by atoms with E-state index in [0.29, 0.717) is 41.7 Å². The minimum absolute atomic E-state index is 0.103. The monoisotopic (exact) mass is 339 g/mol. The van der Waals surface area contributed by atoms with Gasteiger partial charge in [-0.05, 0) is 11.5 Å². The normalized spacial score (nSPS) is 15.7. The van der Waals surface area contributed by atoms with Gasteiger partial charge in [-0.3, -0.25) is 9.59 Å². The predicted molar refractivity (Wildman–Crippen MR) is 98.4 cm³/mol. The fourth-order valence-electron chi connectivity index (χ4n) is 2.67. The van der Waals surface area contributed by atoms with Gasteiger partial charge in [0.15, 0.2) is 17.8 Å². The minimum atomic E-state index is -0.103. The molecule has 25 heavy (non-hydrogen) atoms. The first kappa shape index (κ1) is 18.7. The molecule has 2 rings (SSSR count). The van der Waals surface area contributed by atoms with E-state index >= 15 is 0 Å². The largest absolute Gasteiger partial charge is 0.486 e. The molecule has 1 aliphatic rings. The van der Waals surface area contributed by atoms with Gasteiger partial charge in [0.05, 0.1) is 0 Å². The Morgan fingerprint density at radius 2 is 2.00 bits per heavy atom. The predicted octanol–water partition coefficient (Wildman–Crippen LogP) is 4.00. The molecule has 1 heterocycles. The molecule has 1 aromatic carbocycles. The summed E-state index contributed by atoms with van der Waals surface area (Å²) in [7, 11) is 0. The van der Waals surface area contributed by atoms with Crippen molar-refractivity contribution in [2.24, 2.45) is 5.92 Å². The standard InChI is InChI=1S/C21H25NO3/c1-5-15(2)11-22-12-19(13-23)16(3)21(20(22)17(4)24)25-14-18-9-7-6-8-10-18/h6-10,12-13,15H,3,5,11,14H2,1-2,4H3. The van der Waals surface area contributed by atoms with Crippen LogP contribution >= 0.6 is 0 Å². The van der Waals surface area contributed by atoms with E-state index in [4.69, 9.17) is 4.74 Å². The first-order valence-electron chi connectivity index (χ1n) is 8.53. The summed E-state index contributed by atoms with van der Waals surface area (Å²) in [6.45, 7) is 10.6. The van der Waals surface area contributed by atoms with Crippen molar-refractivity contribution in [3.8, 4) is 0 Å². The lowest BCUT2D eigenvalue weighted by molar-refractivity contribution is -0.115. The Morgan fingerprint density at radius 1 is 1.32 bits per heavy atom. The Labute approximate surface area is 149 Å².